The maximum absolute atomic E-state index is 13.5. The molecule has 0 aliphatic carbocycles. The van der Waals surface area contributed by atoms with E-state index in [9.17, 15) is 4.39 Å². The number of likely N-dealkylation sites (tertiary alicyclic amines) is 1. The second-order valence-electron chi connectivity index (χ2n) is 7.61. The zero-order chi connectivity index (χ0) is 17.9. The minimum Gasteiger partial charge on any atom is -0.355 e. The van der Waals surface area contributed by atoms with E-state index in [1.165, 1.54) is 12.5 Å². The van der Waals surface area contributed by atoms with Crippen molar-refractivity contribution in [1.29, 1.82) is 0 Å². The average molecular weight is 472 g/mol. The molecule has 4 nitrogen and oxygen atoms in total. The molecule has 144 valence electrons. The molecule has 1 N–H and O–H groups in total. The summed E-state index contributed by atoms with van der Waals surface area (Å²) in [5.74, 6) is 0.760. The summed E-state index contributed by atoms with van der Waals surface area (Å²) in [7, 11) is 1.84. The third kappa shape index (κ3) is 4.97. The second kappa shape index (κ2) is 9.17. The van der Waals surface area contributed by atoms with Crippen molar-refractivity contribution in [3.63, 3.8) is 0 Å². The van der Waals surface area contributed by atoms with Crippen LogP contribution in [-0.4, -0.2) is 61.6 Å². The minimum absolute atomic E-state index is 0. The Morgan fingerprint density at radius 2 is 2.04 bits per heavy atom. The number of aliphatic imine (C=N–C) groups is 1. The summed E-state index contributed by atoms with van der Waals surface area (Å²) in [5.41, 5.74) is 0.827. The molecule has 6 heteroatoms. The van der Waals surface area contributed by atoms with Gasteiger partial charge in [0.1, 0.15) is 5.82 Å². The van der Waals surface area contributed by atoms with Gasteiger partial charge in [-0.05, 0) is 24.1 Å². The van der Waals surface area contributed by atoms with Crippen LogP contribution in [0.25, 0.3) is 0 Å². The van der Waals surface area contributed by atoms with Crippen LogP contribution >= 0.6 is 24.0 Å². The number of nitrogens with zero attached hydrogens (tertiary/aromatic N) is 3. The fraction of sp³-hybridized carbons (Fsp3) is 0.550. The van der Waals surface area contributed by atoms with E-state index in [2.05, 4.69) is 46.1 Å². The van der Waals surface area contributed by atoms with Crippen molar-refractivity contribution in [1.82, 2.24) is 15.1 Å². The Bertz CT molecular complexity index is 651. The first-order valence-electron chi connectivity index (χ1n) is 9.10. The van der Waals surface area contributed by atoms with Crippen molar-refractivity contribution in [3.05, 3.63) is 47.8 Å². The maximum atomic E-state index is 13.5. The van der Waals surface area contributed by atoms with Crippen molar-refractivity contribution in [3.8, 4) is 0 Å². The molecule has 1 unspecified atom stereocenters. The molecule has 26 heavy (non-hydrogen) atoms. The first kappa shape index (κ1) is 21.2. The van der Waals surface area contributed by atoms with Crippen LogP contribution in [0.4, 0.5) is 4.39 Å². The van der Waals surface area contributed by atoms with Gasteiger partial charge in [0.05, 0.1) is 0 Å². The average Bonchev–Trinajstić information content (AvgIpc) is 3.27. The van der Waals surface area contributed by atoms with Gasteiger partial charge in [0.15, 0.2) is 5.96 Å². The Morgan fingerprint density at radius 1 is 1.31 bits per heavy atom. The third-order valence-corrected chi connectivity index (χ3v) is 5.33. The van der Waals surface area contributed by atoms with E-state index < -0.39 is 0 Å². The van der Waals surface area contributed by atoms with E-state index in [0.29, 0.717) is 6.04 Å². The van der Waals surface area contributed by atoms with E-state index in [1.807, 2.05) is 13.1 Å². The summed E-state index contributed by atoms with van der Waals surface area (Å²) in [6.45, 7) is 9.16. The number of halogens is 2. The van der Waals surface area contributed by atoms with Gasteiger partial charge >= 0.3 is 0 Å². The molecule has 0 spiro atoms. The topological polar surface area (TPSA) is 30.9 Å². The number of hydrogen-bond donors (Lipinski definition) is 1. The zero-order valence-electron chi connectivity index (χ0n) is 15.9. The predicted molar refractivity (Wildman–Crippen MR) is 117 cm³/mol. The van der Waals surface area contributed by atoms with E-state index in [-0.39, 0.29) is 35.2 Å². The van der Waals surface area contributed by atoms with Crippen LogP contribution in [0, 0.1) is 5.82 Å². The summed E-state index contributed by atoms with van der Waals surface area (Å²) in [6.07, 6.45) is 5.67. The molecular formula is C20H30FIN4. The molecule has 2 aliphatic rings. The number of hydrogen-bond acceptors (Lipinski definition) is 2. The summed E-state index contributed by atoms with van der Waals surface area (Å²) >= 11 is 0. The highest BCUT2D eigenvalue weighted by Gasteiger charge is 2.30. The third-order valence-electron chi connectivity index (χ3n) is 5.33. The van der Waals surface area contributed by atoms with Crippen molar-refractivity contribution in [2.24, 2.45) is 4.99 Å². The Labute approximate surface area is 173 Å². The molecule has 0 radical (unpaired) electrons. The number of benzene rings is 1. The zero-order valence-corrected chi connectivity index (χ0v) is 18.2. The molecule has 1 aromatic carbocycles. The molecule has 1 fully saturated rings. The lowest BCUT2D eigenvalue weighted by Gasteiger charge is -2.30. The monoisotopic (exact) mass is 472 g/mol. The van der Waals surface area contributed by atoms with Gasteiger partial charge in [-0.15, -0.1) is 24.0 Å². The summed E-state index contributed by atoms with van der Waals surface area (Å²) < 4.78 is 13.5. The normalized spacial score (nSPS) is 21.2. The Balaban J connectivity index is 0.00000243. The highest BCUT2D eigenvalue weighted by atomic mass is 127. The Kier molecular flexibility index (Phi) is 7.46. The minimum atomic E-state index is -0.184. The number of nitrogens with one attached hydrogen (secondary N) is 1. The predicted octanol–water partition coefficient (Wildman–Crippen LogP) is 3.24. The first-order valence-corrected chi connectivity index (χ1v) is 9.10. The molecular weight excluding hydrogens is 442 g/mol. The molecule has 1 saturated heterocycles. The largest absolute Gasteiger partial charge is 0.355 e. The van der Waals surface area contributed by atoms with Gasteiger partial charge in [-0.1, -0.05) is 38.1 Å². The number of guanidine groups is 1. The lowest BCUT2D eigenvalue weighted by molar-refractivity contribution is 0.259. The lowest BCUT2D eigenvalue weighted by Crippen LogP contribution is -2.46. The summed E-state index contributed by atoms with van der Waals surface area (Å²) in [6, 6.07) is 7.47. The lowest BCUT2D eigenvalue weighted by atomic mass is 9.84. The van der Waals surface area contributed by atoms with E-state index >= 15 is 0 Å². The highest BCUT2D eigenvalue weighted by molar-refractivity contribution is 14.0. The van der Waals surface area contributed by atoms with Gasteiger partial charge in [-0.3, -0.25) is 9.89 Å². The van der Waals surface area contributed by atoms with E-state index in [4.69, 9.17) is 0 Å². The molecule has 1 aromatic rings. The second-order valence-corrected chi connectivity index (χ2v) is 7.61. The molecule has 0 aromatic heterocycles. The smallest absolute Gasteiger partial charge is 0.193 e. The molecule has 0 bridgehead atoms. The fourth-order valence-electron chi connectivity index (χ4n) is 3.67. The van der Waals surface area contributed by atoms with Gasteiger partial charge in [-0.25, -0.2) is 4.39 Å². The summed E-state index contributed by atoms with van der Waals surface area (Å²) in [4.78, 5) is 9.32. The van der Waals surface area contributed by atoms with E-state index in [0.717, 1.165) is 44.2 Å². The quantitative estimate of drug-likeness (QED) is 0.316. The van der Waals surface area contributed by atoms with Gasteiger partial charge in [0.25, 0.3) is 0 Å². The molecule has 0 amide bonds. The standard InChI is InChI=1S/C20H29FN4.HI/c1-20(2,16-7-6-8-17(21)13-16)15-23-19(22-3)25-12-9-18(14-25)24-10-4-5-11-24;/h4-8,13,18H,9-12,14-15H2,1-3H3,(H,22,23);1H. The van der Waals surface area contributed by atoms with Gasteiger partial charge < -0.3 is 10.2 Å². The summed E-state index contributed by atoms with van der Waals surface area (Å²) in [5, 5.41) is 3.50. The number of rotatable bonds is 4. The van der Waals surface area contributed by atoms with Crippen molar-refractivity contribution in [2.75, 3.05) is 39.8 Å². The molecule has 2 heterocycles. The Hall–Kier alpha value is -1.15. The van der Waals surface area contributed by atoms with Crippen LogP contribution in [-0.2, 0) is 5.41 Å². The van der Waals surface area contributed by atoms with Crippen LogP contribution in [0.15, 0.2) is 41.4 Å². The van der Waals surface area contributed by atoms with Gasteiger partial charge in [0.2, 0.25) is 0 Å². The molecule has 1 atom stereocenters. The van der Waals surface area contributed by atoms with Gasteiger partial charge in [-0.2, -0.15) is 0 Å². The van der Waals surface area contributed by atoms with Crippen molar-refractivity contribution < 1.29 is 4.39 Å². The van der Waals surface area contributed by atoms with Crippen molar-refractivity contribution >= 4 is 29.9 Å². The molecule has 2 aliphatic heterocycles. The van der Waals surface area contributed by atoms with Crippen LogP contribution in [0.3, 0.4) is 0 Å². The van der Waals surface area contributed by atoms with Crippen molar-refractivity contribution in [2.45, 2.75) is 31.7 Å². The molecule has 3 rings (SSSR count). The van der Waals surface area contributed by atoms with Gasteiger partial charge in [0, 0.05) is 51.2 Å². The highest BCUT2D eigenvalue weighted by Crippen LogP contribution is 2.23. The van der Waals surface area contributed by atoms with Crippen LogP contribution in [0.5, 0.6) is 0 Å². The van der Waals surface area contributed by atoms with Crippen LogP contribution in [0.2, 0.25) is 0 Å². The van der Waals surface area contributed by atoms with Crippen LogP contribution < -0.4 is 5.32 Å². The SMILES string of the molecule is CN=C(NCC(C)(C)c1cccc(F)c1)N1CCC(N2CC=CC2)C1.I. The van der Waals surface area contributed by atoms with Crippen LogP contribution in [0.1, 0.15) is 25.8 Å². The fourth-order valence-corrected chi connectivity index (χ4v) is 3.67. The first-order chi connectivity index (χ1) is 12.0. The Morgan fingerprint density at radius 3 is 2.69 bits per heavy atom. The molecule has 0 saturated carbocycles. The maximum Gasteiger partial charge on any atom is 0.193 e. The van der Waals surface area contributed by atoms with E-state index in [1.54, 1.807) is 12.1 Å².